The van der Waals surface area contributed by atoms with Crippen molar-refractivity contribution in [1.29, 1.82) is 5.26 Å². The number of halogens is 1. The van der Waals surface area contributed by atoms with E-state index in [-0.39, 0.29) is 63.8 Å². The predicted octanol–water partition coefficient (Wildman–Crippen LogP) is 3.35. The van der Waals surface area contributed by atoms with Crippen LogP contribution in [0.15, 0.2) is 86.0 Å². The van der Waals surface area contributed by atoms with E-state index in [2.05, 4.69) is 41.0 Å². The molecule has 0 bridgehead atoms. The van der Waals surface area contributed by atoms with Gasteiger partial charge in [0.2, 0.25) is 0 Å². The zero-order valence-corrected chi connectivity index (χ0v) is 28.3. The van der Waals surface area contributed by atoms with Crippen LogP contribution in [0.2, 0.25) is 0 Å². The number of imidazole rings is 2. The van der Waals surface area contributed by atoms with E-state index in [0.29, 0.717) is 11.6 Å². The standard InChI is InChI=1S/C35H26FN11O7/c1-52-34(50)22-13-21(17-37)29(16-28(22)41-33(49)26-4-6-31(45-43-26)47-11-9-39-19-47)54-12-7-20-14-27(23(15-24(20)36)35(51)53-2)40-32(48)25-3-5-30(44-42-25)46-10-8-38-18-46/h3-6,8-11,13-16,18-19H,7,12H2,1-2H3,(H,40,48)(H,41,49). The number of aromatic nitrogens is 8. The second-order valence-corrected chi connectivity index (χ2v) is 11.0. The zero-order valence-electron chi connectivity index (χ0n) is 28.3. The monoisotopic (exact) mass is 731 g/mol. The highest BCUT2D eigenvalue weighted by Crippen LogP contribution is 2.29. The van der Waals surface area contributed by atoms with E-state index in [0.717, 1.165) is 20.3 Å². The molecule has 0 aliphatic carbocycles. The lowest BCUT2D eigenvalue weighted by Gasteiger charge is -2.15. The molecule has 0 radical (unpaired) electrons. The van der Waals surface area contributed by atoms with Crippen molar-refractivity contribution >= 4 is 35.1 Å². The van der Waals surface area contributed by atoms with Crippen LogP contribution in [0.3, 0.4) is 0 Å². The lowest BCUT2D eigenvalue weighted by molar-refractivity contribution is 0.0592. The number of ether oxygens (including phenoxy) is 3. The quantitative estimate of drug-likeness (QED) is 0.172. The van der Waals surface area contributed by atoms with Gasteiger partial charge in [-0.1, -0.05) is 0 Å². The number of carbonyl (C=O) groups excluding carboxylic acids is 4. The summed E-state index contributed by atoms with van der Waals surface area (Å²) in [5, 5.41) is 30.9. The third kappa shape index (κ3) is 7.87. The number of hydrogen-bond acceptors (Lipinski definition) is 14. The first kappa shape index (κ1) is 35.9. The smallest absolute Gasteiger partial charge is 0.340 e. The summed E-state index contributed by atoms with van der Waals surface area (Å²) in [7, 11) is 2.24. The number of amides is 2. The van der Waals surface area contributed by atoms with Crippen molar-refractivity contribution in [2.24, 2.45) is 0 Å². The van der Waals surface area contributed by atoms with E-state index in [1.54, 1.807) is 40.0 Å². The summed E-state index contributed by atoms with van der Waals surface area (Å²) in [6.45, 7) is -0.232. The number of nitrogens with one attached hydrogen (secondary N) is 2. The molecular weight excluding hydrogens is 705 g/mol. The Morgan fingerprint density at radius 3 is 1.76 bits per heavy atom. The third-order valence-corrected chi connectivity index (χ3v) is 7.67. The van der Waals surface area contributed by atoms with E-state index in [1.807, 2.05) is 6.07 Å². The molecule has 6 rings (SSSR count). The molecule has 0 spiro atoms. The molecule has 6 aromatic rings. The van der Waals surface area contributed by atoms with Crippen molar-refractivity contribution in [1.82, 2.24) is 39.5 Å². The maximum Gasteiger partial charge on any atom is 0.340 e. The Hall–Kier alpha value is -7.88. The second kappa shape index (κ2) is 16.0. The third-order valence-electron chi connectivity index (χ3n) is 7.67. The number of nitrogens with zero attached hydrogens (tertiary/aromatic N) is 9. The minimum absolute atomic E-state index is 0.0235. The Morgan fingerprint density at radius 2 is 1.30 bits per heavy atom. The minimum Gasteiger partial charge on any atom is -0.492 e. The van der Waals surface area contributed by atoms with Crippen LogP contribution >= 0.6 is 0 Å². The second-order valence-electron chi connectivity index (χ2n) is 11.0. The number of benzene rings is 2. The van der Waals surface area contributed by atoms with Crippen LogP contribution in [0, 0.1) is 17.1 Å². The molecule has 270 valence electrons. The highest BCUT2D eigenvalue weighted by molar-refractivity contribution is 6.08. The maximum atomic E-state index is 15.3. The van der Waals surface area contributed by atoms with E-state index in [9.17, 15) is 24.4 Å². The van der Waals surface area contributed by atoms with Gasteiger partial charge in [0.05, 0.1) is 48.9 Å². The van der Waals surface area contributed by atoms with Gasteiger partial charge in [0.1, 0.15) is 30.3 Å². The topological polar surface area (TPSA) is 231 Å². The fraction of sp³-hybridized carbons (Fsp3) is 0.114. The molecular formula is C35H26FN11O7. The first-order valence-corrected chi connectivity index (χ1v) is 15.7. The number of anilines is 2. The van der Waals surface area contributed by atoms with Crippen molar-refractivity contribution < 1.29 is 37.8 Å². The molecule has 4 aromatic heterocycles. The zero-order chi connectivity index (χ0) is 38.2. The van der Waals surface area contributed by atoms with Gasteiger partial charge in [-0.15, -0.1) is 20.4 Å². The first-order chi connectivity index (χ1) is 26.2. The van der Waals surface area contributed by atoms with Gasteiger partial charge in [0, 0.05) is 37.3 Å². The number of rotatable bonds is 12. The molecule has 18 nitrogen and oxygen atoms in total. The van der Waals surface area contributed by atoms with E-state index >= 15 is 4.39 Å². The first-order valence-electron chi connectivity index (χ1n) is 15.7. The molecule has 0 aliphatic rings. The van der Waals surface area contributed by atoms with Gasteiger partial charge in [-0.05, 0) is 48.0 Å². The molecule has 2 aromatic carbocycles. The van der Waals surface area contributed by atoms with Crippen molar-refractivity contribution in [3.63, 3.8) is 0 Å². The largest absolute Gasteiger partial charge is 0.492 e. The van der Waals surface area contributed by atoms with Gasteiger partial charge in [0.25, 0.3) is 11.8 Å². The lowest BCUT2D eigenvalue weighted by Crippen LogP contribution is -2.19. The normalized spacial score (nSPS) is 10.6. The SMILES string of the molecule is COC(=O)c1cc(F)c(CCOc2cc(NC(=O)c3ccc(-n4ccnc4)nn3)c(C(=O)OC)cc2C#N)cc1NC(=O)c1ccc(-n2ccnc2)nn1. The Balaban J connectivity index is 1.20. The summed E-state index contributed by atoms with van der Waals surface area (Å²) in [6.07, 6.45) is 9.29. The average molecular weight is 732 g/mol. The molecule has 54 heavy (non-hydrogen) atoms. The van der Waals surface area contributed by atoms with E-state index in [1.165, 1.54) is 49.1 Å². The van der Waals surface area contributed by atoms with Crippen molar-refractivity contribution in [3.8, 4) is 23.5 Å². The van der Waals surface area contributed by atoms with Crippen molar-refractivity contribution in [2.75, 3.05) is 31.5 Å². The highest BCUT2D eigenvalue weighted by atomic mass is 19.1. The molecule has 0 unspecified atom stereocenters. The molecule has 0 fully saturated rings. The lowest BCUT2D eigenvalue weighted by atomic mass is 10.1. The van der Waals surface area contributed by atoms with Crippen LogP contribution < -0.4 is 15.4 Å². The maximum absolute atomic E-state index is 15.3. The summed E-state index contributed by atoms with van der Waals surface area (Å²) in [5.41, 5.74) is -0.802. The van der Waals surface area contributed by atoms with Crippen LogP contribution in [0.5, 0.6) is 5.75 Å². The molecule has 2 amide bonds. The number of nitriles is 1. The van der Waals surface area contributed by atoms with Gasteiger partial charge in [-0.3, -0.25) is 18.7 Å². The van der Waals surface area contributed by atoms with Gasteiger partial charge < -0.3 is 24.8 Å². The summed E-state index contributed by atoms with van der Waals surface area (Å²) in [5.74, 6) is -3.28. The minimum atomic E-state index is -0.910. The van der Waals surface area contributed by atoms with Crippen LogP contribution in [0.25, 0.3) is 11.6 Å². The molecule has 2 N–H and O–H groups in total. The summed E-state index contributed by atoms with van der Waals surface area (Å²) in [6, 6.07) is 12.4. The van der Waals surface area contributed by atoms with Crippen LogP contribution in [-0.4, -0.2) is 84.1 Å². The van der Waals surface area contributed by atoms with E-state index in [4.69, 9.17) is 14.2 Å². The van der Waals surface area contributed by atoms with Crippen molar-refractivity contribution in [2.45, 2.75) is 6.42 Å². The molecule has 19 heteroatoms. The Bertz CT molecular complexity index is 2380. The number of carbonyl (C=O) groups is 4. The van der Waals surface area contributed by atoms with Gasteiger partial charge >= 0.3 is 11.9 Å². The van der Waals surface area contributed by atoms with Crippen LogP contribution in [0.4, 0.5) is 15.8 Å². The van der Waals surface area contributed by atoms with Crippen LogP contribution in [-0.2, 0) is 15.9 Å². The fourth-order valence-electron chi connectivity index (χ4n) is 4.96. The van der Waals surface area contributed by atoms with Crippen molar-refractivity contribution in [3.05, 3.63) is 125 Å². The fourth-order valence-corrected chi connectivity index (χ4v) is 4.96. The molecule has 0 saturated carbocycles. The highest BCUT2D eigenvalue weighted by Gasteiger charge is 2.22. The summed E-state index contributed by atoms with van der Waals surface area (Å²) in [4.78, 5) is 59.2. The number of hydrogen-bond donors (Lipinski definition) is 2. The molecule has 0 saturated heterocycles. The number of esters is 2. The Morgan fingerprint density at radius 1 is 0.759 bits per heavy atom. The number of methoxy groups -OCH3 is 2. The van der Waals surface area contributed by atoms with Gasteiger partial charge in [-0.2, -0.15) is 5.26 Å². The molecule has 4 heterocycles. The van der Waals surface area contributed by atoms with Gasteiger partial charge in [0.15, 0.2) is 23.0 Å². The predicted molar refractivity (Wildman–Crippen MR) is 184 cm³/mol. The molecule has 0 aliphatic heterocycles. The summed E-state index contributed by atoms with van der Waals surface area (Å²) < 4.78 is 34.0. The molecule has 0 atom stereocenters. The van der Waals surface area contributed by atoms with Crippen LogP contribution in [0.1, 0.15) is 52.8 Å². The average Bonchev–Trinajstić information content (AvgIpc) is 3.95. The Labute approximate surface area is 304 Å². The Kier molecular flexibility index (Phi) is 10.6. The van der Waals surface area contributed by atoms with E-state index < -0.39 is 29.6 Å². The summed E-state index contributed by atoms with van der Waals surface area (Å²) >= 11 is 0. The van der Waals surface area contributed by atoms with Gasteiger partial charge in [-0.25, -0.2) is 23.9 Å².